The van der Waals surface area contributed by atoms with Crippen LogP contribution in [0.2, 0.25) is 0 Å². The van der Waals surface area contributed by atoms with E-state index in [0.29, 0.717) is 41.2 Å². The Labute approximate surface area is 293 Å². The molecule has 1 fully saturated rings. The number of ketones is 1. The number of rotatable bonds is 4. The quantitative estimate of drug-likeness (QED) is 0.162. The SMILES string of the molecule is COc1cccc(C2CC(=O)c3cc(Br)ccc3O2)c1.COc1cccc(C2CC3(NC(=O)NC3=O)c3cc(Br)ccc3O2)c1.NC=O. The van der Waals surface area contributed by atoms with Gasteiger partial charge in [-0.2, -0.15) is 0 Å². The third-order valence-corrected chi connectivity index (χ3v) is 8.90. The normalized spacial score (nSPS) is 20.1. The second-order valence-corrected chi connectivity index (χ2v) is 12.7. The highest BCUT2D eigenvalue weighted by molar-refractivity contribution is 9.10. The highest BCUT2D eigenvalue weighted by atomic mass is 79.9. The maximum atomic E-state index is 12.6. The van der Waals surface area contributed by atoms with Gasteiger partial charge >= 0.3 is 6.03 Å². The molecule has 3 aliphatic heterocycles. The number of halogens is 2. The summed E-state index contributed by atoms with van der Waals surface area (Å²) in [5, 5.41) is 5.15. The molecule has 4 aromatic rings. The van der Waals surface area contributed by atoms with Crippen molar-refractivity contribution in [3.8, 4) is 23.0 Å². The third-order valence-electron chi connectivity index (χ3n) is 7.92. The molecule has 1 spiro atoms. The van der Waals surface area contributed by atoms with Gasteiger partial charge in [-0.15, -0.1) is 0 Å². The van der Waals surface area contributed by atoms with Crippen molar-refractivity contribution in [2.24, 2.45) is 5.73 Å². The Kier molecular flexibility index (Phi) is 10.7. The second kappa shape index (κ2) is 14.9. The van der Waals surface area contributed by atoms with Gasteiger partial charge in [-0.05, 0) is 71.8 Å². The molecule has 1 saturated heterocycles. The molecule has 13 heteroatoms. The summed E-state index contributed by atoms with van der Waals surface area (Å²) in [6, 6.07) is 25.6. The Morgan fingerprint density at radius 2 is 1.38 bits per heavy atom. The number of Topliss-reactive ketones (excluding diaryl/α,β-unsaturated/α-hetero) is 1. The van der Waals surface area contributed by atoms with Gasteiger partial charge in [0.25, 0.3) is 5.91 Å². The van der Waals surface area contributed by atoms with Crippen molar-refractivity contribution in [3.05, 3.63) is 116 Å². The van der Waals surface area contributed by atoms with E-state index in [0.717, 1.165) is 25.8 Å². The first kappa shape index (κ1) is 34.5. The summed E-state index contributed by atoms with van der Waals surface area (Å²) in [6.45, 7) is 0. The Bertz CT molecular complexity index is 1870. The lowest BCUT2D eigenvalue weighted by atomic mass is 9.80. The zero-order valence-electron chi connectivity index (χ0n) is 25.8. The fourth-order valence-corrected chi connectivity index (χ4v) is 6.42. The van der Waals surface area contributed by atoms with Crippen molar-refractivity contribution in [2.45, 2.75) is 30.6 Å². The molecule has 3 atom stereocenters. The van der Waals surface area contributed by atoms with Crippen LogP contribution in [0.5, 0.6) is 23.0 Å². The van der Waals surface area contributed by atoms with Crippen molar-refractivity contribution in [3.63, 3.8) is 0 Å². The van der Waals surface area contributed by atoms with Crippen molar-refractivity contribution in [2.75, 3.05) is 14.2 Å². The molecule has 248 valence electrons. The Balaban J connectivity index is 0.000000177. The predicted octanol–water partition coefficient (Wildman–Crippen LogP) is 6.28. The number of nitrogens with one attached hydrogen (secondary N) is 2. The number of hydrogen-bond acceptors (Lipinski definition) is 8. The lowest BCUT2D eigenvalue weighted by Gasteiger charge is -2.38. The van der Waals surface area contributed by atoms with E-state index in [1.807, 2.05) is 72.8 Å². The van der Waals surface area contributed by atoms with Crippen LogP contribution in [-0.4, -0.2) is 38.4 Å². The molecule has 11 nitrogen and oxygen atoms in total. The summed E-state index contributed by atoms with van der Waals surface area (Å²) in [7, 11) is 3.22. The van der Waals surface area contributed by atoms with E-state index in [9.17, 15) is 14.4 Å². The number of urea groups is 1. The first-order chi connectivity index (χ1) is 23.1. The molecule has 0 radical (unpaired) electrons. The monoisotopic (exact) mass is 779 g/mol. The fraction of sp³-hybridized carbons (Fsp3) is 0.200. The maximum absolute atomic E-state index is 12.6. The first-order valence-electron chi connectivity index (χ1n) is 14.6. The second-order valence-electron chi connectivity index (χ2n) is 10.8. The first-order valence-corrected chi connectivity index (χ1v) is 16.2. The Morgan fingerprint density at radius 1 is 0.812 bits per heavy atom. The number of ether oxygens (including phenoxy) is 4. The number of benzene rings is 4. The number of methoxy groups -OCH3 is 2. The number of carbonyl (C=O) groups excluding carboxylic acids is 4. The van der Waals surface area contributed by atoms with E-state index in [2.05, 4.69) is 48.2 Å². The van der Waals surface area contributed by atoms with E-state index in [1.165, 1.54) is 0 Å². The minimum absolute atomic E-state index is 0.0976. The van der Waals surface area contributed by atoms with E-state index in [1.54, 1.807) is 26.4 Å². The highest BCUT2D eigenvalue weighted by Crippen LogP contribution is 2.47. The largest absolute Gasteiger partial charge is 0.497 e. The number of carbonyl (C=O) groups is 4. The van der Waals surface area contributed by atoms with Gasteiger partial charge in [0.1, 0.15) is 35.2 Å². The van der Waals surface area contributed by atoms with Gasteiger partial charge in [0.15, 0.2) is 11.3 Å². The number of nitrogens with two attached hydrogens (primary N) is 1. The molecule has 0 bridgehead atoms. The van der Waals surface area contributed by atoms with Crippen LogP contribution in [0.25, 0.3) is 0 Å². The van der Waals surface area contributed by atoms with Gasteiger partial charge in [-0.25, -0.2) is 4.79 Å². The van der Waals surface area contributed by atoms with Crippen LogP contribution < -0.4 is 35.3 Å². The van der Waals surface area contributed by atoms with Gasteiger partial charge in [0.05, 0.1) is 26.2 Å². The zero-order valence-corrected chi connectivity index (χ0v) is 29.0. The summed E-state index contributed by atoms with van der Waals surface area (Å²) in [4.78, 5) is 45.3. The van der Waals surface area contributed by atoms with Crippen LogP contribution in [0, 0.1) is 0 Å². The minimum atomic E-state index is -1.15. The van der Waals surface area contributed by atoms with Crippen LogP contribution >= 0.6 is 31.9 Å². The van der Waals surface area contributed by atoms with Crippen LogP contribution in [0.4, 0.5) is 4.79 Å². The fourth-order valence-electron chi connectivity index (χ4n) is 5.70. The molecular formula is C35H31Br2N3O8. The number of primary amides is 1. The van der Waals surface area contributed by atoms with Gasteiger partial charge in [-0.3, -0.25) is 19.7 Å². The van der Waals surface area contributed by atoms with Crippen LogP contribution in [0.15, 0.2) is 93.9 Å². The molecule has 0 aromatic heterocycles. The summed E-state index contributed by atoms with van der Waals surface area (Å²) in [6.07, 6.45) is 0.233. The van der Waals surface area contributed by atoms with E-state index in [4.69, 9.17) is 23.7 Å². The van der Waals surface area contributed by atoms with Gasteiger partial charge in [0.2, 0.25) is 6.41 Å². The van der Waals surface area contributed by atoms with Crippen molar-refractivity contribution >= 4 is 56.0 Å². The molecule has 4 N–H and O–H groups in total. The van der Waals surface area contributed by atoms with E-state index in [-0.39, 0.29) is 24.2 Å². The number of fused-ring (bicyclic) bond motifs is 3. The molecule has 48 heavy (non-hydrogen) atoms. The van der Waals surface area contributed by atoms with Gasteiger partial charge in [-0.1, -0.05) is 56.1 Å². The molecular weight excluding hydrogens is 750 g/mol. The van der Waals surface area contributed by atoms with Crippen LogP contribution in [0.3, 0.4) is 0 Å². The highest BCUT2D eigenvalue weighted by Gasteiger charge is 2.53. The number of amides is 4. The maximum Gasteiger partial charge on any atom is 0.322 e. The summed E-state index contributed by atoms with van der Waals surface area (Å²) < 4.78 is 24.3. The summed E-state index contributed by atoms with van der Waals surface area (Å²) in [5.74, 6) is 2.40. The number of imide groups is 1. The molecule has 3 aliphatic rings. The smallest absolute Gasteiger partial charge is 0.322 e. The topological polar surface area (TPSA) is 155 Å². The molecule has 3 heterocycles. The Hall–Kier alpha value is -4.88. The van der Waals surface area contributed by atoms with Gasteiger partial charge in [0, 0.05) is 20.9 Å². The third kappa shape index (κ3) is 7.32. The standard InChI is InChI=1S/C18H15BrN2O4.C16H13BrO3.CH3NO/c1-24-12-4-2-3-10(7-12)15-9-18(16(22)20-17(23)21-18)13-8-11(19)5-6-14(13)25-15;1-19-12-4-2-3-10(7-12)16-9-14(18)13-8-11(17)5-6-15(13)20-16;2-1-3/h2-8,15H,9H2,1H3,(H2,20,21,22,23);2-8,16H,9H2,1H3;1H,(H2,2,3). The summed E-state index contributed by atoms with van der Waals surface area (Å²) in [5.41, 5.74) is 6.12. The van der Waals surface area contributed by atoms with Crippen LogP contribution in [0.1, 0.15) is 52.1 Å². The lowest BCUT2D eigenvalue weighted by molar-refractivity contribution is -0.126. The zero-order chi connectivity index (χ0) is 34.4. The van der Waals surface area contributed by atoms with Crippen molar-refractivity contribution in [1.82, 2.24) is 10.6 Å². The molecule has 4 aromatic carbocycles. The van der Waals surface area contributed by atoms with E-state index >= 15 is 0 Å². The lowest BCUT2D eigenvalue weighted by Crippen LogP contribution is -2.48. The summed E-state index contributed by atoms with van der Waals surface area (Å²) >= 11 is 6.79. The molecule has 3 unspecified atom stereocenters. The van der Waals surface area contributed by atoms with E-state index < -0.39 is 17.7 Å². The average molecular weight is 781 g/mol. The molecule has 0 aliphatic carbocycles. The minimum Gasteiger partial charge on any atom is -0.497 e. The van der Waals surface area contributed by atoms with Crippen molar-refractivity contribution < 1.29 is 38.1 Å². The predicted molar refractivity (Wildman–Crippen MR) is 183 cm³/mol. The average Bonchev–Trinajstić information content (AvgIpc) is 3.37. The van der Waals surface area contributed by atoms with Crippen LogP contribution in [-0.2, 0) is 15.1 Å². The Morgan fingerprint density at radius 3 is 1.96 bits per heavy atom. The van der Waals surface area contributed by atoms with Gasteiger partial charge < -0.3 is 30.0 Å². The number of hydrogen-bond donors (Lipinski definition) is 3. The molecule has 4 amide bonds. The molecule has 0 saturated carbocycles. The molecule has 7 rings (SSSR count). The van der Waals surface area contributed by atoms with Crippen molar-refractivity contribution in [1.29, 1.82) is 0 Å².